The van der Waals surface area contributed by atoms with Crippen molar-refractivity contribution in [2.45, 2.75) is 33.6 Å². The average molecular weight is 404 g/mol. The van der Waals surface area contributed by atoms with E-state index in [0.29, 0.717) is 12.8 Å². The van der Waals surface area contributed by atoms with Crippen molar-refractivity contribution in [1.29, 1.82) is 0 Å². The number of ketones is 1. The normalized spacial score (nSPS) is 31.6. The molecule has 2 aliphatic carbocycles. The summed E-state index contributed by atoms with van der Waals surface area (Å²) >= 11 is 18.0. The maximum atomic E-state index is 13.2. The third kappa shape index (κ3) is 2.12. The molecule has 2 aliphatic rings. The lowest BCUT2D eigenvalue weighted by molar-refractivity contribution is -0.140. The van der Waals surface area contributed by atoms with Gasteiger partial charge in [-0.3, -0.25) is 9.59 Å². The molecule has 2 atom stereocenters. The van der Waals surface area contributed by atoms with Crippen LogP contribution in [0, 0.1) is 16.2 Å². The highest BCUT2D eigenvalue weighted by molar-refractivity contribution is 6.51. The summed E-state index contributed by atoms with van der Waals surface area (Å²) in [4.78, 5) is 26.1. The van der Waals surface area contributed by atoms with E-state index in [-0.39, 0.29) is 26.5 Å². The molecule has 0 saturated heterocycles. The highest BCUT2D eigenvalue weighted by Gasteiger charge is 2.76. The van der Waals surface area contributed by atoms with Crippen LogP contribution in [0.1, 0.15) is 33.6 Å². The minimum absolute atomic E-state index is 0.0548. The molecule has 3 rings (SSSR count). The highest BCUT2D eigenvalue weighted by Crippen LogP contribution is 2.69. The second-order valence-electron chi connectivity index (χ2n) is 7.34. The quantitative estimate of drug-likeness (QED) is 0.322. The van der Waals surface area contributed by atoms with Crippen LogP contribution < -0.4 is 5.32 Å². The Morgan fingerprint density at radius 1 is 1.12 bits per heavy atom. The first-order valence-electron chi connectivity index (χ1n) is 7.76. The summed E-state index contributed by atoms with van der Waals surface area (Å²) in [5.74, 6) is -0.924. The second-order valence-corrected chi connectivity index (χ2v) is 8.56. The Morgan fingerprint density at radius 3 is 2.28 bits per heavy atom. The number of fused-ring (bicyclic) bond motifs is 2. The fraction of sp³-hybridized carbons (Fsp3) is 0.471. The van der Waals surface area contributed by atoms with Crippen LogP contribution in [0.5, 0.6) is 0 Å². The van der Waals surface area contributed by atoms with Gasteiger partial charge in [-0.25, -0.2) is 0 Å². The molecular formula is C17H17Cl3N2O3. The molecule has 134 valence electrons. The minimum Gasteiger partial charge on any atom is -0.411 e. The largest absolute Gasteiger partial charge is 0.411 e. The molecule has 2 fully saturated rings. The first-order chi connectivity index (χ1) is 11.5. The lowest BCUT2D eigenvalue weighted by Gasteiger charge is -2.37. The Bertz CT molecular complexity index is 837. The molecule has 2 saturated carbocycles. The molecule has 0 heterocycles. The number of benzene rings is 1. The molecular weight excluding hydrogens is 387 g/mol. The Labute approximate surface area is 160 Å². The predicted octanol–water partition coefficient (Wildman–Crippen LogP) is 4.81. The third-order valence-corrected chi connectivity index (χ3v) is 7.35. The molecule has 25 heavy (non-hydrogen) atoms. The van der Waals surface area contributed by atoms with E-state index in [1.807, 2.05) is 20.8 Å². The Kier molecular flexibility index (Phi) is 4.14. The van der Waals surface area contributed by atoms with Crippen LogP contribution in [0.25, 0.3) is 0 Å². The van der Waals surface area contributed by atoms with Crippen LogP contribution in [0.2, 0.25) is 15.1 Å². The van der Waals surface area contributed by atoms with Gasteiger partial charge in [-0.1, -0.05) is 60.7 Å². The van der Waals surface area contributed by atoms with Gasteiger partial charge in [0.05, 0.1) is 20.8 Å². The molecule has 2 bridgehead atoms. The molecule has 5 nitrogen and oxygen atoms in total. The summed E-state index contributed by atoms with van der Waals surface area (Å²) in [5, 5.41) is 16.0. The molecule has 1 aromatic rings. The van der Waals surface area contributed by atoms with Gasteiger partial charge in [-0.15, -0.1) is 0 Å². The van der Waals surface area contributed by atoms with E-state index in [2.05, 4.69) is 10.5 Å². The lowest BCUT2D eigenvalue weighted by atomic mass is 9.64. The molecule has 0 spiro atoms. The molecule has 0 aliphatic heterocycles. The summed E-state index contributed by atoms with van der Waals surface area (Å²) in [6.07, 6.45) is 0.951. The van der Waals surface area contributed by atoms with Crippen molar-refractivity contribution in [2.75, 3.05) is 5.32 Å². The molecule has 8 heteroatoms. The van der Waals surface area contributed by atoms with Gasteiger partial charge >= 0.3 is 0 Å². The molecule has 2 N–H and O–H groups in total. The predicted molar refractivity (Wildman–Crippen MR) is 97.9 cm³/mol. The molecule has 2 unspecified atom stereocenters. The van der Waals surface area contributed by atoms with E-state index in [1.165, 1.54) is 12.1 Å². The van der Waals surface area contributed by atoms with Crippen molar-refractivity contribution in [1.82, 2.24) is 0 Å². The standard InChI is InChI=1S/C17H17Cl3N2O3/c1-15(2)16(3)4-5-17(15,13(23)12(16)22-25)14(24)21-11-7-9(19)8(18)6-10(11)20/h6-7,25H,4-5H2,1-3H3,(H,21,24)/b22-12+. The van der Waals surface area contributed by atoms with E-state index in [1.54, 1.807) is 0 Å². The van der Waals surface area contributed by atoms with Crippen molar-refractivity contribution in [2.24, 2.45) is 21.4 Å². The van der Waals surface area contributed by atoms with E-state index < -0.39 is 27.9 Å². The second kappa shape index (κ2) is 5.60. The van der Waals surface area contributed by atoms with Crippen molar-refractivity contribution in [3.05, 3.63) is 27.2 Å². The Hall–Kier alpha value is -1.30. The zero-order valence-corrected chi connectivity index (χ0v) is 16.2. The van der Waals surface area contributed by atoms with Crippen LogP contribution in [0.3, 0.4) is 0 Å². The summed E-state index contributed by atoms with van der Waals surface area (Å²) < 4.78 is 0. The first kappa shape index (κ1) is 18.5. The minimum atomic E-state index is -1.32. The number of carbonyl (C=O) groups is 2. The number of Topliss-reactive ketones (excluding diaryl/α,β-unsaturated/α-hetero) is 1. The van der Waals surface area contributed by atoms with E-state index in [0.717, 1.165) is 0 Å². The topological polar surface area (TPSA) is 78.8 Å². The third-order valence-electron chi connectivity index (χ3n) is 6.32. The zero-order valence-electron chi connectivity index (χ0n) is 13.9. The Morgan fingerprint density at radius 2 is 1.72 bits per heavy atom. The zero-order chi connectivity index (χ0) is 18.8. The highest BCUT2D eigenvalue weighted by atomic mass is 35.5. The van der Waals surface area contributed by atoms with Crippen LogP contribution in [-0.2, 0) is 9.59 Å². The number of oxime groups is 1. The van der Waals surface area contributed by atoms with Gasteiger partial charge in [0.2, 0.25) is 5.91 Å². The number of amides is 1. The summed E-state index contributed by atoms with van der Waals surface area (Å²) in [6, 6.07) is 2.88. The lowest BCUT2D eigenvalue weighted by Crippen LogP contribution is -2.47. The van der Waals surface area contributed by atoms with Crippen LogP contribution in [0.15, 0.2) is 17.3 Å². The van der Waals surface area contributed by atoms with Crippen LogP contribution >= 0.6 is 34.8 Å². The van der Waals surface area contributed by atoms with Gasteiger partial charge in [0, 0.05) is 5.41 Å². The molecule has 0 aromatic heterocycles. The van der Waals surface area contributed by atoms with Gasteiger partial charge in [-0.2, -0.15) is 0 Å². The van der Waals surface area contributed by atoms with E-state index in [9.17, 15) is 14.8 Å². The smallest absolute Gasteiger partial charge is 0.239 e. The van der Waals surface area contributed by atoms with E-state index in [4.69, 9.17) is 34.8 Å². The monoisotopic (exact) mass is 402 g/mol. The van der Waals surface area contributed by atoms with Crippen LogP contribution in [-0.4, -0.2) is 22.6 Å². The number of anilines is 1. The molecule has 0 radical (unpaired) electrons. The summed E-state index contributed by atoms with van der Waals surface area (Å²) in [5.41, 5.74) is -2.37. The number of halogens is 3. The van der Waals surface area contributed by atoms with Gasteiger partial charge in [0.15, 0.2) is 5.78 Å². The maximum absolute atomic E-state index is 13.2. The van der Waals surface area contributed by atoms with Crippen LogP contribution in [0.4, 0.5) is 5.69 Å². The number of nitrogens with zero attached hydrogens (tertiary/aromatic N) is 1. The van der Waals surface area contributed by atoms with E-state index >= 15 is 0 Å². The Balaban J connectivity index is 2.06. The fourth-order valence-corrected chi connectivity index (χ4v) is 4.90. The van der Waals surface area contributed by atoms with Crippen molar-refractivity contribution in [3.8, 4) is 0 Å². The van der Waals surface area contributed by atoms with Gasteiger partial charge in [0.1, 0.15) is 11.1 Å². The van der Waals surface area contributed by atoms with Gasteiger partial charge < -0.3 is 10.5 Å². The number of hydrogen-bond acceptors (Lipinski definition) is 4. The first-order valence-corrected chi connectivity index (χ1v) is 8.89. The SMILES string of the molecule is CC12CCC(C(=O)Nc3cc(Cl)c(Cl)cc3Cl)(C(=O)/C1=N\O)C2(C)C. The summed E-state index contributed by atoms with van der Waals surface area (Å²) in [7, 11) is 0. The van der Waals surface area contributed by atoms with Crippen molar-refractivity contribution >= 4 is 57.9 Å². The maximum Gasteiger partial charge on any atom is 0.239 e. The van der Waals surface area contributed by atoms with Crippen molar-refractivity contribution in [3.63, 3.8) is 0 Å². The average Bonchev–Trinajstić information content (AvgIpc) is 2.80. The fourth-order valence-electron chi connectivity index (χ4n) is 4.30. The number of hydrogen-bond donors (Lipinski definition) is 2. The van der Waals surface area contributed by atoms with Gasteiger partial charge in [0.25, 0.3) is 0 Å². The number of rotatable bonds is 2. The molecule has 1 amide bonds. The van der Waals surface area contributed by atoms with Gasteiger partial charge in [-0.05, 0) is 30.4 Å². The summed E-state index contributed by atoms with van der Waals surface area (Å²) in [6.45, 7) is 5.56. The number of nitrogens with one attached hydrogen (secondary N) is 1. The number of carbonyl (C=O) groups excluding carboxylic acids is 2. The molecule has 1 aromatic carbocycles. The van der Waals surface area contributed by atoms with Crippen molar-refractivity contribution < 1.29 is 14.8 Å².